The molecule has 0 heterocycles. The first-order valence-corrected chi connectivity index (χ1v) is 4.98. The summed E-state index contributed by atoms with van der Waals surface area (Å²) in [7, 11) is 0. The monoisotopic (exact) mass is 286 g/mol. The predicted molar refractivity (Wildman–Crippen MR) is 54.1 cm³/mol. The molecule has 0 spiro atoms. The average molecular weight is 287 g/mol. The lowest BCUT2D eigenvalue weighted by Gasteiger charge is -2.20. The third kappa shape index (κ3) is 4.06. The molecular formula is C10H7ClF4O3. The van der Waals surface area contributed by atoms with E-state index < -0.39 is 36.2 Å². The number of benzene rings is 1. The second kappa shape index (κ2) is 5.43. The molecule has 1 aromatic carbocycles. The van der Waals surface area contributed by atoms with Gasteiger partial charge in [-0.15, -0.1) is 0 Å². The molecule has 0 fully saturated rings. The molecule has 8 heteroatoms. The summed E-state index contributed by atoms with van der Waals surface area (Å²) in [6.45, 7) is 0. The standard InChI is InChI=1S/C10H7ClF4O3/c11-6-3-5(12)1-2-7(6)18-8(4-9(16)17)10(13,14)15/h1-3,8H,4H2,(H,16,17). The van der Waals surface area contributed by atoms with E-state index in [1.165, 1.54) is 0 Å². The Morgan fingerprint density at radius 2 is 2.06 bits per heavy atom. The molecule has 0 aliphatic carbocycles. The van der Waals surface area contributed by atoms with Crippen LogP contribution in [0.15, 0.2) is 18.2 Å². The number of hydrogen-bond acceptors (Lipinski definition) is 2. The molecular weight excluding hydrogens is 280 g/mol. The van der Waals surface area contributed by atoms with Gasteiger partial charge in [-0.3, -0.25) is 4.79 Å². The number of carboxylic acid groups (broad SMARTS) is 1. The Morgan fingerprint density at radius 1 is 1.44 bits per heavy atom. The van der Waals surface area contributed by atoms with Gasteiger partial charge in [-0.2, -0.15) is 13.2 Å². The Hall–Kier alpha value is -1.50. The topological polar surface area (TPSA) is 46.5 Å². The van der Waals surface area contributed by atoms with Crippen LogP contribution >= 0.6 is 11.6 Å². The highest BCUT2D eigenvalue weighted by atomic mass is 35.5. The maximum atomic E-state index is 12.7. The van der Waals surface area contributed by atoms with Gasteiger partial charge >= 0.3 is 12.1 Å². The second-order valence-electron chi connectivity index (χ2n) is 3.32. The number of carbonyl (C=O) groups is 1. The maximum Gasteiger partial charge on any atom is 0.426 e. The van der Waals surface area contributed by atoms with Crippen molar-refractivity contribution in [1.82, 2.24) is 0 Å². The van der Waals surface area contributed by atoms with Crippen molar-refractivity contribution in [3.05, 3.63) is 29.0 Å². The van der Waals surface area contributed by atoms with E-state index in [2.05, 4.69) is 4.74 Å². The molecule has 1 rings (SSSR count). The van der Waals surface area contributed by atoms with E-state index >= 15 is 0 Å². The van der Waals surface area contributed by atoms with Crippen LogP contribution in [0.2, 0.25) is 5.02 Å². The first kappa shape index (κ1) is 14.6. The largest absolute Gasteiger partial charge is 0.481 e. The fourth-order valence-electron chi connectivity index (χ4n) is 1.11. The summed E-state index contributed by atoms with van der Waals surface area (Å²) < 4.78 is 54.6. The zero-order valence-corrected chi connectivity index (χ0v) is 9.43. The number of alkyl halides is 3. The van der Waals surface area contributed by atoms with E-state index in [0.717, 1.165) is 18.2 Å². The van der Waals surface area contributed by atoms with Gasteiger partial charge in [0.2, 0.25) is 6.10 Å². The van der Waals surface area contributed by atoms with Gasteiger partial charge in [0.15, 0.2) is 0 Å². The first-order valence-electron chi connectivity index (χ1n) is 4.60. The molecule has 0 aliphatic rings. The first-order chi connectivity index (χ1) is 8.20. The van der Waals surface area contributed by atoms with Gasteiger partial charge in [-0.1, -0.05) is 11.6 Å². The smallest absolute Gasteiger partial charge is 0.426 e. The lowest BCUT2D eigenvalue weighted by atomic mass is 10.2. The van der Waals surface area contributed by atoms with Crippen LogP contribution in [-0.4, -0.2) is 23.4 Å². The molecule has 0 saturated heterocycles. The van der Waals surface area contributed by atoms with Crippen molar-refractivity contribution in [2.24, 2.45) is 0 Å². The van der Waals surface area contributed by atoms with Crippen LogP contribution in [0, 0.1) is 5.82 Å². The molecule has 0 aliphatic heterocycles. The van der Waals surface area contributed by atoms with Crippen LogP contribution in [0.3, 0.4) is 0 Å². The third-order valence-corrected chi connectivity index (χ3v) is 2.18. The minimum Gasteiger partial charge on any atom is -0.481 e. The molecule has 0 amide bonds. The normalized spacial score (nSPS) is 13.2. The van der Waals surface area contributed by atoms with Crippen LogP contribution in [0.5, 0.6) is 5.75 Å². The van der Waals surface area contributed by atoms with Crippen LogP contribution in [0.1, 0.15) is 6.42 Å². The number of ether oxygens (including phenoxy) is 1. The van der Waals surface area contributed by atoms with Crippen LogP contribution in [-0.2, 0) is 4.79 Å². The highest BCUT2D eigenvalue weighted by molar-refractivity contribution is 6.32. The van der Waals surface area contributed by atoms with E-state index in [4.69, 9.17) is 16.7 Å². The number of carboxylic acids is 1. The summed E-state index contributed by atoms with van der Waals surface area (Å²) >= 11 is 5.48. The lowest BCUT2D eigenvalue weighted by Crippen LogP contribution is -2.36. The Bertz CT molecular complexity index is 447. The van der Waals surface area contributed by atoms with E-state index in [9.17, 15) is 22.4 Å². The molecule has 0 saturated carbocycles. The lowest BCUT2D eigenvalue weighted by molar-refractivity contribution is -0.200. The molecule has 1 N–H and O–H groups in total. The molecule has 1 aromatic rings. The Kier molecular flexibility index (Phi) is 4.39. The second-order valence-corrected chi connectivity index (χ2v) is 3.73. The van der Waals surface area contributed by atoms with Crippen molar-refractivity contribution >= 4 is 17.6 Å². The molecule has 100 valence electrons. The summed E-state index contributed by atoms with van der Waals surface area (Å²) in [5, 5.41) is 8.00. The minimum atomic E-state index is -4.86. The molecule has 0 radical (unpaired) electrons. The third-order valence-electron chi connectivity index (χ3n) is 1.89. The van der Waals surface area contributed by atoms with Crippen LogP contribution < -0.4 is 4.74 Å². The minimum absolute atomic E-state index is 0.366. The van der Waals surface area contributed by atoms with Gasteiger partial charge in [0, 0.05) is 0 Å². The summed E-state index contributed by atoms with van der Waals surface area (Å²) in [5.41, 5.74) is 0. The quantitative estimate of drug-likeness (QED) is 0.864. The van der Waals surface area contributed by atoms with Crippen molar-refractivity contribution in [3.8, 4) is 5.75 Å². The fraction of sp³-hybridized carbons (Fsp3) is 0.300. The highest BCUT2D eigenvalue weighted by Crippen LogP contribution is 2.31. The Morgan fingerprint density at radius 3 is 2.50 bits per heavy atom. The number of rotatable bonds is 4. The van der Waals surface area contributed by atoms with Gasteiger partial charge in [0.1, 0.15) is 11.6 Å². The van der Waals surface area contributed by atoms with E-state index in [1.54, 1.807) is 0 Å². The van der Waals surface area contributed by atoms with Gasteiger partial charge in [-0.05, 0) is 18.2 Å². The van der Waals surface area contributed by atoms with Crippen molar-refractivity contribution < 1.29 is 32.2 Å². The maximum absolute atomic E-state index is 12.7. The van der Waals surface area contributed by atoms with Gasteiger partial charge in [0.05, 0.1) is 11.4 Å². The SMILES string of the molecule is O=C(O)CC(Oc1ccc(F)cc1Cl)C(F)(F)F. The highest BCUT2D eigenvalue weighted by Gasteiger charge is 2.43. The van der Waals surface area contributed by atoms with Crippen LogP contribution in [0.4, 0.5) is 17.6 Å². The zero-order valence-electron chi connectivity index (χ0n) is 8.67. The van der Waals surface area contributed by atoms with Crippen LogP contribution in [0.25, 0.3) is 0 Å². The van der Waals surface area contributed by atoms with Crippen molar-refractivity contribution in [2.45, 2.75) is 18.7 Å². The predicted octanol–water partition coefficient (Wildman–Crippen LogP) is 3.26. The molecule has 1 atom stereocenters. The average Bonchev–Trinajstić information content (AvgIpc) is 2.18. The molecule has 0 bridgehead atoms. The summed E-state index contributed by atoms with van der Waals surface area (Å²) in [4.78, 5) is 10.3. The van der Waals surface area contributed by atoms with E-state index in [1.807, 2.05) is 0 Å². The molecule has 0 aromatic heterocycles. The fourth-order valence-corrected chi connectivity index (χ4v) is 1.32. The summed E-state index contributed by atoms with van der Waals surface area (Å²) in [6, 6.07) is 2.53. The molecule has 3 nitrogen and oxygen atoms in total. The van der Waals surface area contributed by atoms with E-state index in [0.29, 0.717) is 0 Å². The summed E-state index contributed by atoms with van der Waals surface area (Å²) in [5.74, 6) is -2.84. The van der Waals surface area contributed by atoms with Crippen molar-refractivity contribution in [2.75, 3.05) is 0 Å². The number of aliphatic carboxylic acids is 1. The van der Waals surface area contributed by atoms with E-state index in [-0.39, 0.29) is 5.02 Å². The Labute approximate surface area is 104 Å². The number of halogens is 5. The van der Waals surface area contributed by atoms with Gasteiger partial charge in [-0.25, -0.2) is 4.39 Å². The molecule has 1 unspecified atom stereocenters. The zero-order chi connectivity index (χ0) is 13.9. The molecule has 18 heavy (non-hydrogen) atoms. The van der Waals surface area contributed by atoms with Gasteiger partial charge in [0.25, 0.3) is 0 Å². The number of hydrogen-bond donors (Lipinski definition) is 1. The Balaban J connectivity index is 2.92. The van der Waals surface area contributed by atoms with Gasteiger partial charge < -0.3 is 9.84 Å². The summed E-state index contributed by atoms with van der Waals surface area (Å²) in [6.07, 6.45) is -8.68. The van der Waals surface area contributed by atoms with Crippen molar-refractivity contribution in [1.29, 1.82) is 0 Å². The van der Waals surface area contributed by atoms with Crippen molar-refractivity contribution in [3.63, 3.8) is 0 Å².